The van der Waals surface area contributed by atoms with Crippen molar-refractivity contribution in [3.8, 4) is 11.1 Å². The van der Waals surface area contributed by atoms with Crippen molar-refractivity contribution in [3.63, 3.8) is 0 Å². The molecular formula is C24H20F3N3O5S. The van der Waals surface area contributed by atoms with Gasteiger partial charge >= 0.3 is 12.1 Å². The number of benzene rings is 2. The number of aryl methyl sites for hydroxylation is 1. The number of anilines is 1. The molecule has 0 aliphatic heterocycles. The summed E-state index contributed by atoms with van der Waals surface area (Å²) < 4.78 is 59.1. The molecule has 0 fully saturated rings. The Kier molecular flexibility index (Phi) is 7.48. The van der Waals surface area contributed by atoms with Crippen LogP contribution in [0.15, 0.2) is 78.0 Å². The highest BCUT2D eigenvalue weighted by Crippen LogP contribution is 2.30. The summed E-state index contributed by atoms with van der Waals surface area (Å²) in [5, 5.41) is 10.6. The van der Waals surface area contributed by atoms with E-state index < -0.39 is 22.2 Å². The molecule has 2 N–H and O–H groups in total. The van der Waals surface area contributed by atoms with Gasteiger partial charge in [0.15, 0.2) is 5.65 Å². The minimum Gasteiger partial charge on any atom is -0.475 e. The second-order valence-electron chi connectivity index (χ2n) is 7.59. The molecule has 8 nitrogen and oxygen atoms in total. The van der Waals surface area contributed by atoms with Crippen LogP contribution >= 0.6 is 0 Å². The number of nitrogens with zero attached hydrogens (tertiary/aromatic N) is 2. The highest BCUT2D eigenvalue weighted by Gasteiger charge is 2.38. The maximum Gasteiger partial charge on any atom is 0.490 e. The molecule has 36 heavy (non-hydrogen) atoms. The van der Waals surface area contributed by atoms with Crippen LogP contribution in [-0.2, 0) is 19.6 Å². The number of carboxylic acid groups (broad SMARTS) is 1. The van der Waals surface area contributed by atoms with Crippen molar-refractivity contribution in [2.24, 2.45) is 0 Å². The smallest absolute Gasteiger partial charge is 0.475 e. The first-order valence-corrected chi connectivity index (χ1v) is 11.7. The number of carbonyl (C=O) groups excluding carboxylic acids is 1. The Hall–Kier alpha value is -4.19. The average molecular weight is 520 g/mol. The van der Waals surface area contributed by atoms with Crippen LogP contribution in [0.5, 0.6) is 0 Å². The molecule has 2 heterocycles. The van der Waals surface area contributed by atoms with E-state index in [2.05, 4.69) is 10.3 Å². The van der Waals surface area contributed by atoms with E-state index in [1.54, 1.807) is 36.5 Å². The normalized spacial score (nSPS) is 11.5. The zero-order valence-corrected chi connectivity index (χ0v) is 19.8. The maximum absolute atomic E-state index is 13.1. The van der Waals surface area contributed by atoms with Gasteiger partial charge in [-0.1, -0.05) is 29.8 Å². The predicted molar refractivity (Wildman–Crippen MR) is 127 cm³/mol. The topological polar surface area (TPSA) is 118 Å². The van der Waals surface area contributed by atoms with E-state index in [0.29, 0.717) is 11.3 Å². The second kappa shape index (κ2) is 10.2. The Morgan fingerprint density at radius 1 is 0.972 bits per heavy atom. The molecule has 0 spiro atoms. The molecule has 1 amide bonds. The summed E-state index contributed by atoms with van der Waals surface area (Å²) in [6.45, 7) is 3.37. The average Bonchev–Trinajstić information content (AvgIpc) is 3.25. The molecule has 12 heteroatoms. The van der Waals surface area contributed by atoms with Gasteiger partial charge in [-0.25, -0.2) is 22.2 Å². The third-order valence-electron chi connectivity index (χ3n) is 4.89. The van der Waals surface area contributed by atoms with Crippen LogP contribution in [0.2, 0.25) is 0 Å². The number of aliphatic carboxylic acids is 1. The molecule has 0 saturated heterocycles. The van der Waals surface area contributed by atoms with Gasteiger partial charge in [-0.3, -0.25) is 4.79 Å². The fourth-order valence-electron chi connectivity index (χ4n) is 3.22. The number of carbonyl (C=O) groups is 2. The Bertz CT molecular complexity index is 1510. The van der Waals surface area contributed by atoms with E-state index in [1.807, 2.05) is 37.3 Å². The number of carboxylic acids is 1. The number of fused-ring (bicyclic) bond motifs is 1. The lowest BCUT2D eigenvalue weighted by Crippen LogP contribution is -2.21. The molecule has 0 aliphatic carbocycles. The number of hydrogen-bond acceptors (Lipinski definition) is 5. The number of aromatic nitrogens is 2. The maximum atomic E-state index is 13.1. The molecule has 4 rings (SSSR count). The Morgan fingerprint density at radius 3 is 2.08 bits per heavy atom. The zero-order valence-electron chi connectivity index (χ0n) is 18.9. The molecule has 0 aliphatic rings. The van der Waals surface area contributed by atoms with Gasteiger partial charge in [-0.05, 0) is 54.4 Å². The van der Waals surface area contributed by atoms with E-state index in [4.69, 9.17) is 9.90 Å². The van der Waals surface area contributed by atoms with E-state index in [9.17, 15) is 26.4 Å². The summed E-state index contributed by atoms with van der Waals surface area (Å²) in [6, 6.07) is 17.7. The van der Waals surface area contributed by atoms with Crippen LogP contribution in [0.3, 0.4) is 0 Å². The number of hydrogen-bond donors (Lipinski definition) is 2. The minimum absolute atomic E-state index is 0.137. The van der Waals surface area contributed by atoms with Crippen LogP contribution in [0.1, 0.15) is 12.5 Å². The molecule has 2 aromatic carbocycles. The Labute approximate surface area is 204 Å². The highest BCUT2D eigenvalue weighted by molar-refractivity contribution is 7.90. The lowest BCUT2D eigenvalue weighted by molar-refractivity contribution is -0.192. The number of halogens is 3. The van der Waals surface area contributed by atoms with Crippen molar-refractivity contribution in [1.29, 1.82) is 0 Å². The number of rotatable bonds is 4. The second-order valence-corrected chi connectivity index (χ2v) is 9.40. The van der Waals surface area contributed by atoms with Crippen molar-refractivity contribution >= 4 is 38.6 Å². The molecule has 0 radical (unpaired) electrons. The first-order valence-electron chi connectivity index (χ1n) is 10.3. The standard InChI is InChI=1S/C22H19N3O3S.C2HF3O2/c1-15-3-9-19(10-4-15)29(27,28)25-14-12-21-20(11-13-23-22(21)25)17-5-7-18(8-6-17)24-16(2)26;3-2(4,5)1(6)7/h3-14H,1-2H3,(H,24,26);(H,6,7). The summed E-state index contributed by atoms with van der Waals surface area (Å²) in [6.07, 6.45) is -1.96. The van der Waals surface area contributed by atoms with Crippen molar-refractivity contribution < 1.29 is 36.3 Å². The first-order chi connectivity index (χ1) is 16.8. The Balaban J connectivity index is 0.000000454. The van der Waals surface area contributed by atoms with Crippen molar-refractivity contribution in [3.05, 3.63) is 78.6 Å². The van der Waals surface area contributed by atoms with Gasteiger partial charge in [0.2, 0.25) is 5.91 Å². The molecule has 188 valence electrons. The summed E-state index contributed by atoms with van der Waals surface area (Å²) in [5.74, 6) is -2.89. The SMILES string of the molecule is CC(=O)Nc1ccc(-c2ccnc3c2ccn3S(=O)(=O)c2ccc(C)cc2)cc1.O=C(O)C(F)(F)F. The highest BCUT2D eigenvalue weighted by atomic mass is 32.2. The van der Waals surface area contributed by atoms with Crippen LogP contribution in [0, 0.1) is 6.92 Å². The number of amides is 1. The summed E-state index contributed by atoms with van der Waals surface area (Å²) >= 11 is 0. The van der Waals surface area contributed by atoms with Crippen LogP contribution in [-0.4, -0.2) is 40.5 Å². The van der Waals surface area contributed by atoms with E-state index in [0.717, 1.165) is 22.1 Å². The van der Waals surface area contributed by atoms with Gasteiger partial charge in [0, 0.05) is 30.4 Å². The van der Waals surface area contributed by atoms with Gasteiger partial charge in [0.05, 0.1) is 4.90 Å². The van der Waals surface area contributed by atoms with Crippen molar-refractivity contribution in [2.45, 2.75) is 24.9 Å². The number of nitrogens with one attached hydrogen (secondary N) is 1. The van der Waals surface area contributed by atoms with Crippen molar-refractivity contribution in [1.82, 2.24) is 8.96 Å². The number of pyridine rings is 1. The molecule has 0 atom stereocenters. The van der Waals surface area contributed by atoms with E-state index in [-0.39, 0.29) is 10.8 Å². The van der Waals surface area contributed by atoms with Gasteiger partial charge in [-0.15, -0.1) is 0 Å². The summed E-state index contributed by atoms with van der Waals surface area (Å²) in [7, 11) is -3.75. The van der Waals surface area contributed by atoms with Crippen LogP contribution in [0.25, 0.3) is 22.2 Å². The fourth-order valence-corrected chi connectivity index (χ4v) is 4.52. The predicted octanol–water partition coefficient (Wildman–Crippen LogP) is 4.84. The summed E-state index contributed by atoms with van der Waals surface area (Å²) in [4.78, 5) is 24.6. The largest absolute Gasteiger partial charge is 0.490 e. The van der Waals surface area contributed by atoms with E-state index in [1.165, 1.54) is 17.1 Å². The van der Waals surface area contributed by atoms with Gasteiger partial charge in [0.25, 0.3) is 10.0 Å². The molecule has 4 aromatic rings. The minimum atomic E-state index is -5.08. The van der Waals surface area contributed by atoms with Crippen LogP contribution < -0.4 is 5.32 Å². The van der Waals surface area contributed by atoms with Gasteiger partial charge in [0.1, 0.15) is 0 Å². The monoisotopic (exact) mass is 519 g/mol. The fraction of sp³-hybridized carbons (Fsp3) is 0.125. The Morgan fingerprint density at radius 2 is 1.56 bits per heavy atom. The lowest BCUT2D eigenvalue weighted by Gasteiger charge is -2.09. The molecular weight excluding hydrogens is 499 g/mol. The van der Waals surface area contributed by atoms with Gasteiger partial charge < -0.3 is 10.4 Å². The van der Waals surface area contributed by atoms with E-state index >= 15 is 0 Å². The molecule has 2 aromatic heterocycles. The molecule has 0 bridgehead atoms. The van der Waals surface area contributed by atoms with Crippen LogP contribution in [0.4, 0.5) is 18.9 Å². The van der Waals surface area contributed by atoms with Gasteiger partial charge in [-0.2, -0.15) is 13.2 Å². The zero-order chi connectivity index (χ0) is 26.7. The third kappa shape index (κ3) is 5.89. The number of alkyl halides is 3. The molecule has 0 saturated carbocycles. The molecule has 0 unspecified atom stereocenters. The lowest BCUT2D eigenvalue weighted by atomic mass is 10.0. The third-order valence-corrected chi connectivity index (χ3v) is 6.57. The quantitative estimate of drug-likeness (QED) is 0.398. The summed E-state index contributed by atoms with van der Waals surface area (Å²) in [5.41, 5.74) is 3.82. The van der Waals surface area contributed by atoms with Crippen molar-refractivity contribution in [2.75, 3.05) is 5.32 Å². The first kappa shape index (κ1) is 26.4.